The molecule has 3 N–H and O–H groups in total. The zero-order chi connectivity index (χ0) is 28.5. The van der Waals surface area contributed by atoms with Crippen LogP contribution in [-0.4, -0.2) is 54.8 Å². The summed E-state index contributed by atoms with van der Waals surface area (Å²) >= 11 is 0. The van der Waals surface area contributed by atoms with Crippen LogP contribution in [-0.2, 0) is 14.4 Å². The van der Waals surface area contributed by atoms with Gasteiger partial charge >= 0.3 is 0 Å². The van der Waals surface area contributed by atoms with Gasteiger partial charge < -0.3 is 20.7 Å². The monoisotopic (exact) mass is 534 g/mol. The van der Waals surface area contributed by atoms with Gasteiger partial charge in [-0.15, -0.1) is 0 Å². The first-order chi connectivity index (χ1) is 18.6. The van der Waals surface area contributed by atoms with Crippen LogP contribution in [0.15, 0.2) is 60.8 Å². The predicted molar refractivity (Wildman–Crippen MR) is 154 cm³/mol. The molecule has 0 radical (unpaired) electrons. The first-order valence-electron chi connectivity index (χ1n) is 13.7. The molecule has 3 amide bonds. The van der Waals surface area contributed by atoms with Crippen LogP contribution in [0, 0.1) is 11.8 Å². The minimum Gasteiger partial charge on any atom is -0.483 e. The van der Waals surface area contributed by atoms with Gasteiger partial charge in [-0.2, -0.15) is 0 Å². The second kappa shape index (κ2) is 13.9. The van der Waals surface area contributed by atoms with E-state index in [0.29, 0.717) is 12.2 Å². The number of hydrogen-bond acceptors (Lipinski definition) is 5. The first-order valence-corrected chi connectivity index (χ1v) is 13.7. The summed E-state index contributed by atoms with van der Waals surface area (Å²) < 4.78 is 6.44. The molecule has 2 heterocycles. The van der Waals surface area contributed by atoms with Crippen LogP contribution >= 0.6 is 0 Å². The molecule has 0 aromatic heterocycles. The lowest BCUT2D eigenvalue weighted by Crippen LogP contribution is -2.59. The molecule has 39 heavy (non-hydrogen) atoms. The predicted octanol–water partition coefficient (Wildman–Crippen LogP) is 3.90. The number of ether oxygens (including phenoxy) is 1. The summed E-state index contributed by atoms with van der Waals surface area (Å²) in [4.78, 5) is 42.7. The van der Waals surface area contributed by atoms with Crippen LogP contribution in [0.4, 0.5) is 0 Å². The molecule has 8 nitrogen and oxygen atoms in total. The summed E-state index contributed by atoms with van der Waals surface area (Å²) in [7, 11) is 3.71. The zero-order valence-electron chi connectivity index (χ0n) is 23.8. The van der Waals surface area contributed by atoms with Crippen molar-refractivity contribution in [2.24, 2.45) is 11.8 Å². The number of carbonyl (C=O) groups is 3. The Hall–Kier alpha value is -3.65. The van der Waals surface area contributed by atoms with Gasteiger partial charge in [0, 0.05) is 6.20 Å². The fourth-order valence-electron chi connectivity index (χ4n) is 4.80. The highest BCUT2D eigenvalue weighted by Gasteiger charge is 2.38. The summed E-state index contributed by atoms with van der Waals surface area (Å²) in [6.07, 6.45) is 3.74. The van der Waals surface area contributed by atoms with E-state index in [4.69, 9.17) is 4.74 Å². The number of fused-ring (bicyclic) bond motifs is 10. The van der Waals surface area contributed by atoms with Crippen molar-refractivity contribution in [3.63, 3.8) is 0 Å². The van der Waals surface area contributed by atoms with Crippen LogP contribution in [0.5, 0.6) is 5.75 Å². The van der Waals surface area contributed by atoms with Crippen LogP contribution in [0.25, 0.3) is 6.08 Å². The van der Waals surface area contributed by atoms with Crippen molar-refractivity contribution >= 4 is 23.8 Å². The number of benzene rings is 2. The Balaban J connectivity index is 2.11. The summed E-state index contributed by atoms with van der Waals surface area (Å²) in [6, 6.07) is 14.4. The van der Waals surface area contributed by atoms with Crippen LogP contribution in [0.2, 0.25) is 0 Å². The number of amides is 3. The standard InChI is InChI=1S/C31H42N4O4/c1-7-21(4)27(35(5)6)31(38)34-26-28(23-11-9-8-10-12-23)39-24-15-13-22(14-16-24)17-18-32-29(36)25(19-20(2)3)33-30(26)37/h8-18,20-21,25-28H,7,19H2,1-6H3,(H,32,36)(H,33,37)(H,34,38). The number of likely N-dealkylation sites (N-methyl/N-ethyl adjacent to an activating group) is 1. The van der Waals surface area contributed by atoms with Gasteiger partial charge in [-0.3, -0.25) is 19.3 Å². The third kappa shape index (κ3) is 8.17. The topological polar surface area (TPSA) is 99.8 Å². The molecule has 2 aromatic rings. The van der Waals surface area contributed by atoms with E-state index < -0.39 is 30.1 Å². The lowest BCUT2D eigenvalue weighted by atomic mass is 9.95. The average molecular weight is 535 g/mol. The largest absolute Gasteiger partial charge is 0.483 e. The van der Waals surface area contributed by atoms with Gasteiger partial charge in [-0.05, 0) is 61.7 Å². The quantitative estimate of drug-likeness (QED) is 0.477. The molecule has 0 fully saturated rings. The lowest BCUT2D eigenvalue weighted by molar-refractivity contribution is -0.136. The zero-order valence-corrected chi connectivity index (χ0v) is 23.8. The molecule has 210 valence electrons. The molecule has 0 saturated carbocycles. The maximum atomic E-state index is 14.0. The van der Waals surface area contributed by atoms with Crippen molar-refractivity contribution in [3.8, 4) is 5.75 Å². The minimum absolute atomic E-state index is 0.0523. The molecule has 4 rings (SSSR count). The molecule has 0 aliphatic carbocycles. The Morgan fingerprint density at radius 3 is 2.26 bits per heavy atom. The third-order valence-electron chi connectivity index (χ3n) is 7.00. The Labute approximate surface area is 232 Å². The van der Waals surface area contributed by atoms with Gasteiger partial charge in [0.05, 0.1) is 6.04 Å². The van der Waals surface area contributed by atoms with E-state index in [1.807, 2.05) is 101 Å². The fourth-order valence-corrected chi connectivity index (χ4v) is 4.80. The van der Waals surface area contributed by atoms with Crippen LogP contribution in [0.1, 0.15) is 57.8 Å². The van der Waals surface area contributed by atoms with E-state index in [-0.39, 0.29) is 23.7 Å². The van der Waals surface area contributed by atoms with Gasteiger partial charge in [-0.1, -0.05) is 76.6 Å². The number of rotatable bonds is 8. The van der Waals surface area contributed by atoms with Gasteiger partial charge in [-0.25, -0.2) is 0 Å². The summed E-state index contributed by atoms with van der Waals surface area (Å²) in [5.74, 6) is -0.334. The smallest absolute Gasteiger partial charge is 0.247 e. The van der Waals surface area contributed by atoms with Crippen molar-refractivity contribution < 1.29 is 19.1 Å². The molecule has 0 saturated heterocycles. The number of nitrogens with zero attached hydrogens (tertiary/aromatic N) is 1. The molecule has 2 aliphatic rings. The second-order valence-corrected chi connectivity index (χ2v) is 10.8. The second-order valence-electron chi connectivity index (χ2n) is 10.8. The van der Waals surface area contributed by atoms with Crippen molar-refractivity contribution in [2.45, 2.75) is 64.8 Å². The highest BCUT2D eigenvalue weighted by atomic mass is 16.5. The summed E-state index contributed by atoms with van der Waals surface area (Å²) in [6.45, 7) is 8.03. The fraction of sp³-hybridized carbons (Fsp3) is 0.452. The van der Waals surface area contributed by atoms with E-state index in [9.17, 15) is 14.4 Å². The minimum atomic E-state index is -1.10. The van der Waals surface area contributed by atoms with E-state index in [1.54, 1.807) is 12.3 Å². The van der Waals surface area contributed by atoms with E-state index >= 15 is 0 Å². The molecular formula is C31H42N4O4. The molecule has 5 unspecified atom stereocenters. The van der Waals surface area contributed by atoms with Gasteiger partial charge in [0.25, 0.3) is 0 Å². The molecule has 8 heteroatoms. The van der Waals surface area contributed by atoms with E-state index in [1.165, 1.54) is 0 Å². The average Bonchev–Trinajstić information content (AvgIpc) is 2.90. The molecular weight excluding hydrogens is 492 g/mol. The van der Waals surface area contributed by atoms with Gasteiger partial charge in [0.2, 0.25) is 17.7 Å². The van der Waals surface area contributed by atoms with Crippen molar-refractivity contribution in [2.75, 3.05) is 14.1 Å². The Kier molecular flexibility index (Phi) is 10.7. The SMILES string of the molecule is CCC(C)C(C(=O)NC1C(=O)NC(CC(C)C)C(=O)NC=Cc2ccc(cc2)OC1c1ccccc1)N(C)C. The Morgan fingerprint density at radius 1 is 1.00 bits per heavy atom. The summed E-state index contributed by atoms with van der Waals surface area (Å²) in [5, 5.41) is 8.72. The van der Waals surface area contributed by atoms with Gasteiger partial charge in [0.15, 0.2) is 6.10 Å². The maximum absolute atomic E-state index is 14.0. The third-order valence-corrected chi connectivity index (χ3v) is 7.00. The molecule has 2 aromatic carbocycles. The number of hydrogen-bond donors (Lipinski definition) is 3. The van der Waals surface area contributed by atoms with Crippen molar-refractivity contribution in [1.82, 2.24) is 20.9 Å². The maximum Gasteiger partial charge on any atom is 0.247 e. The highest BCUT2D eigenvalue weighted by molar-refractivity contribution is 5.94. The number of carbonyl (C=O) groups excluding carboxylic acids is 3. The van der Waals surface area contributed by atoms with Gasteiger partial charge in [0.1, 0.15) is 17.8 Å². The summed E-state index contributed by atoms with van der Waals surface area (Å²) in [5.41, 5.74) is 1.61. The normalized spacial score (nSPS) is 21.5. The lowest BCUT2D eigenvalue weighted by Gasteiger charge is -2.34. The van der Waals surface area contributed by atoms with Crippen LogP contribution < -0.4 is 20.7 Å². The first kappa shape index (κ1) is 29.9. The van der Waals surface area contributed by atoms with Crippen molar-refractivity contribution in [3.05, 3.63) is 71.9 Å². The molecule has 5 atom stereocenters. The number of nitrogens with one attached hydrogen (secondary N) is 3. The van der Waals surface area contributed by atoms with E-state index in [2.05, 4.69) is 16.0 Å². The van der Waals surface area contributed by atoms with Crippen molar-refractivity contribution in [1.29, 1.82) is 0 Å². The molecule has 0 spiro atoms. The van der Waals surface area contributed by atoms with E-state index in [0.717, 1.165) is 17.5 Å². The highest BCUT2D eigenvalue weighted by Crippen LogP contribution is 2.27. The Bertz CT molecular complexity index is 1130. The molecule has 2 aliphatic heterocycles. The Morgan fingerprint density at radius 2 is 1.67 bits per heavy atom. The van der Waals surface area contributed by atoms with Crippen LogP contribution in [0.3, 0.4) is 0 Å². The molecule has 2 bridgehead atoms.